The maximum absolute atomic E-state index is 12.2. The van der Waals surface area contributed by atoms with E-state index in [-0.39, 0.29) is 11.4 Å². The van der Waals surface area contributed by atoms with Crippen molar-refractivity contribution in [2.24, 2.45) is 5.10 Å². The van der Waals surface area contributed by atoms with E-state index >= 15 is 0 Å². The van der Waals surface area contributed by atoms with Crippen LogP contribution in [0.5, 0.6) is 5.75 Å². The molecule has 0 saturated heterocycles. The van der Waals surface area contributed by atoms with E-state index in [0.29, 0.717) is 11.7 Å². The van der Waals surface area contributed by atoms with Crippen molar-refractivity contribution in [3.8, 4) is 5.75 Å². The number of aryl methyl sites for hydroxylation is 1. The molecule has 3 rings (SSSR count). The number of benzene rings is 2. The summed E-state index contributed by atoms with van der Waals surface area (Å²) in [6.07, 6.45) is 2.88. The lowest BCUT2D eigenvalue weighted by Crippen LogP contribution is -2.48. The molecule has 1 amide bonds. The zero-order chi connectivity index (χ0) is 22.6. The lowest BCUT2D eigenvalue weighted by molar-refractivity contribution is -0.118. The quantitative estimate of drug-likeness (QED) is 0.359. The number of ether oxygens (including phenoxy) is 1. The van der Waals surface area contributed by atoms with Crippen molar-refractivity contribution < 1.29 is 9.53 Å². The first kappa shape index (κ1) is 23.2. The van der Waals surface area contributed by atoms with Crippen molar-refractivity contribution in [1.29, 1.82) is 0 Å². The number of carbonyl (C=O) groups excluding carboxylic acids is 1. The number of amides is 1. The zero-order valence-electron chi connectivity index (χ0n) is 19.4. The molecule has 5 nitrogen and oxygen atoms in total. The summed E-state index contributed by atoms with van der Waals surface area (Å²) in [6, 6.07) is 12.2. The Labute approximate surface area is 190 Å². The monoisotopic (exact) mass is 439 g/mol. The minimum Gasteiger partial charge on any atom is -0.497 e. The Morgan fingerprint density at radius 2 is 2.03 bits per heavy atom. The van der Waals surface area contributed by atoms with Crippen molar-refractivity contribution in [1.82, 2.24) is 5.43 Å². The highest BCUT2D eigenvalue weighted by molar-refractivity contribution is 8.00. The highest BCUT2D eigenvalue weighted by atomic mass is 32.2. The Morgan fingerprint density at radius 3 is 2.68 bits per heavy atom. The standard InChI is InChI=1S/C25H33N3O2S/c1-7-28-23-12-17(2)19(13-22(23)18(3)14-25(28,4)5)15-26-27-24(29)16-31-21-10-8-20(30-6)9-11-21/h8-13,15,18H,7,14,16H2,1-6H3,(H,27,29)/b26-15+. The highest BCUT2D eigenvalue weighted by Crippen LogP contribution is 2.43. The van der Waals surface area contributed by atoms with Gasteiger partial charge in [-0.2, -0.15) is 5.10 Å². The van der Waals surface area contributed by atoms with Crippen molar-refractivity contribution in [3.63, 3.8) is 0 Å². The van der Waals surface area contributed by atoms with Gasteiger partial charge in [0.2, 0.25) is 5.91 Å². The second-order valence-corrected chi connectivity index (χ2v) is 9.74. The van der Waals surface area contributed by atoms with Crippen LogP contribution in [0.25, 0.3) is 0 Å². The van der Waals surface area contributed by atoms with E-state index in [1.165, 1.54) is 23.0 Å². The fourth-order valence-corrected chi connectivity index (χ4v) is 5.11. The van der Waals surface area contributed by atoms with Crippen LogP contribution in [0, 0.1) is 6.92 Å². The molecule has 6 heteroatoms. The van der Waals surface area contributed by atoms with Gasteiger partial charge in [0.15, 0.2) is 0 Å². The molecule has 2 aromatic carbocycles. The molecule has 0 spiro atoms. The molecule has 1 unspecified atom stereocenters. The molecule has 0 radical (unpaired) electrons. The smallest absolute Gasteiger partial charge is 0.250 e. The van der Waals surface area contributed by atoms with Crippen molar-refractivity contribution in [3.05, 3.63) is 53.1 Å². The Hall–Kier alpha value is -2.47. The van der Waals surface area contributed by atoms with Gasteiger partial charge in [-0.3, -0.25) is 4.79 Å². The van der Waals surface area contributed by atoms with Crippen LogP contribution in [0.4, 0.5) is 5.69 Å². The number of nitrogens with zero attached hydrogens (tertiary/aromatic N) is 2. The van der Waals surface area contributed by atoms with Gasteiger partial charge in [0.25, 0.3) is 0 Å². The van der Waals surface area contributed by atoms with Crippen molar-refractivity contribution in [2.45, 2.75) is 57.4 Å². The summed E-state index contributed by atoms with van der Waals surface area (Å²) in [5.41, 5.74) is 7.68. The first-order valence-corrected chi connectivity index (χ1v) is 11.7. The topological polar surface area (TPSA) is 53.9 Å². The van der Waals surface area contributed by atoms with E-state index in [9.17, 15) is 4.79 Å². The number of hydrogen-bond acceptors (Lipinski definition) is 5. The first-order valence-electron chi connectivity index (χ1n) is 10.8. The van der Waals surface area contributed by atoms with E-state index in [0.717, 1.165) is 34.7 Å². The Kier molecular flexibility index (Phi) is 7.31. The van der Waals surface area contributed by atoms with Crippen molar-refractivity contribution >= 4 is 29.6 Å². The molecule has 0 aliphatic carbocycles. The molecule has 1 aliphatic heterocycles. The number of anilines is 1. The number of nitrogens with one attached hydrogen (secondary N) is 1. The van der Waals surface area contributed by atoms with Crippen LogP contribution < -0.4 is 15.1 Å². The summed E-state index contributed by atoms with van der Waals surface area (Å²) in [5.74, 6) is 1.47. The molecule has 1 heterocycles. The normalized spacial score (nSPS) is 17.5. The highest BCUT2D eigenvalue weighted by Gasteiger charge is 2.35. The van der Waals surface area contributed by atoms with Crippen LogP contribution in [0.15, 0.2) is 46.4 Å². The van der Waals surface area contributed by atoms with Gasteiger partial charge in [-0.25, -0.2) is 5.43 Å². The third-order valence-corrected chi connectivity index (χ3v) is 6.92. The SMILES string of the molecule is CCN1c2cc(C)c(/C=N/NC(=O)CSc3ccc(OC)cc3)cc2C(C)CC1(C)C. The molecule has 31 heavy (non-hydrogen) atoms. The molecule has 166 valence electrons. The minimum atomic E-state index is -0.125. The van der Waals surface area contributed by atoms with Crippen LogP contribution in [-0.4, -0.2) is 37.1 Å². The van der Waals surface area contributed by atoms with Gasteiger partial charge in [-0.1, -0.05) is 6.92 Å². The molecular formula is C25H33N3O2S. The number of rotatable bonds is 7. The maximum Gasteiger partial charge on any atom is 0.250 e. The van der Waals surface area contributed by atoms with Gasteiger partial charge < -0.3 is 9.64 Å². The van der Waals surface area contributed by atoms with Gasteiger partial charge in [0, 0.05) is 22.7 Å². The van der Waals surface area contributed by atoms with E-state index in [4.69, 9.17) is 4.74 Å². The Balaban J connectivity index is 1.64. The number of fused-ring (bicyclic) bond motifs is 1. The number of methoxy groups -OCH3 is 1. The Morgan fingerprint density at radius 1 is 1.32 bits per heavy atom. The van der Waals surface area contributed by atoms with Crippen LogP contribution in [0.1, 0.15) is 56.7 Å². The fraction of sp³-hybridized carbons (Fsp3) is 0.440. The van der Waals surface area contributed by atoms with Gasteiger partial charge in [0.1, 0.15) is 5.75 Å². The van der Waals surface area contributed by atoms with Gasteiger partial charge in [-0.15, -0.1) is 11.8 Å². The van der Waals surface area contributed by atoms with Crippen molar-refractivity contribution in [2.75, 3.05) is 24.3 Å². The van der Waals surface area contributed by atoms with E-state index in [1.807, 2.05) is 24.3 Å². The molecule has 2 aromatic rings. The molecule has 1 aliphatic rings. The lowest BCUT2D eigenvalue weighted by atomic mass is 9.79. The third-order valence-electron chi connectivity index (χ3n) is 5.91. The van der Waals surface area contributed by atoms with Gasteiger partial charge in [0.05, 0.1) is 19.1 Å². The molecule has 0 saturated carbocycles. The average molecular weight is 440 g/mol. The van der Waals surface area contributed by atoms with E-state index in [2.05, 4.69) is 62.2 Å². The number of thioether (sulfide) groups is 1. The van der Waals surface area contributed by atoms with Gasteiger partial charge in [-0.05, 0) is 93.1 Å². The Bertz CT molecular complexity index is 954. The summed E-state index contributed by atoms with van der Waals surface area (Å²) in [6.45, 7) is 12.2. The second-order valence-electron chi connectivity index (χ2n) is 8.69. The second kappa shape index (κ2) is 9.77. The van der Waals surface area contributed by atoms with Crippen LogP contribution in [0.2, 0.25) is 0 Å². The number of hydrazone groups is 1. The number of hydrogen-bond donors (Lipinski definition) is 1. The van der Waals surface area contributed by atoms with E-state index in [1.54, 1.807) is 13.3 Å². The molecular weight excluding hydrogens is 406 g/mol. The molecule has 0 bridgehead atoms. The third kappa shape index (κ3) is 5.42. The minimum absolute atomic E-state index is 0.125. The van der Waals surface area contributed by atoms with Crippen LogP contribution >= 0.6 is 11.8 Å². The fourth-order valence-electron chi connectivity index (χ4n) is 4.42. The van der Waals surface area contributed by atoms with Crippen LogP contribution in [-0.2, 0) is 4.79 Å². The molecule has 1 atom stereocenters. The zero-order valence-corrected chi connectivity index (χ0v) is 20.2. The largest absolute Gasteiger partial charge is 0.497 e. The summed E-state index contributed by atoms with van der Waals surface area (Å²) >= 11 is 1.47. The molecule has 0 fully saturated rings. The molecule has 0 aromatic heterocycles. The predicted octanol–water partition coefficient (Wildman–Crippen LogP) is 5.36. The van der Waals surface area contributed by atoms with E-state index < -0.39 is 0 Å². The first-order chi connectivity index (χ1) is 14.7. The summed E-state index contributed by atoms with van der Waals surface area (Å²) in [5, 5.41) is 4.21. The van der Waals surface area contributed by atoms with Gasteiger partial charge >= 0.3 is 0 Å². The summed E-state index contributed by atoms with van der Waals surface area (Å²) in [4.78, 5) is 15.7. The van der Waals surface area contributed by atoms with Crippen LogP contribution in [0.3, 0.4) is 0 Å². The lowest BCUT2D eigenvalue weighted by Gasteiger charge is -2.47. The predicted molar refractivity (Wildman–Crippen MR) is 131 cm³/mol. The summed E-state index contributed by atoms with van der Waals surface area (Å²) < 4.78 is 5.15. The number of carbonyl (C=O) groups is 1. The summed E-state index contributed by atoms with van der Waals surface area (Å²) in [7, 11) is 1.64. The molecule has 1 N–H and O–H groups in total. The average Bonchev–Trinajstić information content (AvgIpc) is 2.73. The maximum atomic E-state index is 12.2.